The molecule has 5 nitrogen and oxygen atoms in total. The van der Waals surface area contributed by atoms with Gasteiger partial charge < -0.3 is 14.5 Å². The number of ether oxygens (including phenoxy) is 1. The Morgan fingerprint density at radius 3 is 2.83 bits per heavy atom. The zero-order valence-corrected chi connectivity index (χ0v) is 14.4. The van der Waals surface area contributed by atoms with E-state index in [-0.39, 0.29) is 12.0 Å². The van der Waals surface area contributed by atoms with E-state index in [4.69, 9.17) is 4.74 Å². The molecule has 1 spiro atoms. The number of rotatable bonds is 3. The minimum Gasteiger partial charge on any atom is -0.439 e. The molecule has 0 saturated carbocycles. The highest BCUT2D eigenvalue weighted by molar-refractivity contribution is 8.00. The number of aryl methyl sites for hydroxylation is 1. The van der Waals surface area contributed by atoms with E-state index >= 15 is 0 Å². The lowest BCUT2D eigenvalue weighted by Crippen LogP contribution is -2.52. The molecule has 23 heavy (non-hydrogen) atoms. The van der Waals surface area contributed by atoms with Crippen molar-refractivity contribution in [2.45, 2.75) is 30.3 Å². The SMILES string of the molecule is Cc1ccccc1SCC(=O)N1CCCC2(CN(C)C(=O)O2)C1. The van der Waals surface area contributed by atoms with Gasteiger partial charge in [-0.2, -0.15) is 0 Å². The highest BCUT2D eigenvalue weighted by atomic mass is 32.2. The molecular weight excluding hydrogens is 312 g/mol. The molecule has 0 N–H and O–H groups in total. The lowest BCUT2D eigenvalue weighted by atomic mass is 9.93. The first-order valence-electron chi connectivity index (χ1n) is 7.89. The predicted octanol–water partition coefficient (Wildman–Crippen LogP) is 2.53. The van der Waals surface area contributed by atoms with Crippen LogP contribution in [-0.4, -0.2) is 59.8 Å². The van der Waals surface area contributed by atoms with E-state index in [1.165, 1.54) is 5.56 Å². The van der Waals surface area contributed by atoms with Gasteiger partial charge >= 0.3 is 6.09 Å². The zero-order chi connectivity index (χ0) is 16.4. The van der Waals surface area contributed by atoms with Gasteiger partial charge in [0.25, 0.3) is 0 Å². The van der Waals surface area contributed by atoms with E-state index in [0.717, 1.165) is 24.3 Å². The molecule has 2 aliphatic heterocycles. The standard InChI is InChI=1S/C17H22N2O3S/c1-13-6-3-4-7-14(13)23-10-15(20)19-9-5-8-17(12-19)11-18(2)16(21)22-17/h3-4,6-7H,5,8-12H2,1-2H3. The summed E-state index contributed by atoms with van der Waals surface area (Å²) in [6.07, 6.45) is 1.42. The monoisotopic (exact) mass is 334 g/mol. The summed E-state index contributed by atoms with van der Waals surface area (Å²) in [6.45, 7) is 3.88. The molecule has 2 amide bonds. The Morgan fingerprint density at radius 1 is 1.35 bits per heavy atom. The van der Waals surface area contributed by atoms with E-state index in [9.17, 15) is 9.59 Å². The topological polar surface area (TPSA) is 49.9 Å². The summed E-state index contributed by atoms with van der Waals surface area (Å²) in [6, 6.07) is 8.08. The second-order valence-corrected chi connectivity index (χ2v) is 7.40. The summed E-state index contributed by atoms with van der Waals surface area (Å²) in [5, 5.41) is 0. The van der Waals surface area contributed by atoms with Gasteiger partial charge in [0.05, 0.1) is 18.8 Å². The number of likely N-dealkylation sites (tertiary alicyclic amines) is 1. The molecule has 3 rings (SSSR count). The first-order valence-corrected chi connectivity index (χ1v) is 8.88. The summed E-state index contributed by atoms with van der Waals surface area (Å²) in [4.78, 5) is 28.8. The van der Waals surface area contributed by atoms with Crippen LogP contribution in [0.1, 0.15) is 18.4 Å². The summed E-state index contributed by atoms with van der Waals surface area (Å²) < 4.78 is 5.55. The van der Waals surface area contributed by atoms with Crippen molar-refractivity contribution in [3.63, 3.8) is 0 Å². The van der Waals surface area contributed by atoms with Crippen molar-refractivity contribution < 1.29 is 14.3 Å². The average molecular weight is 334 g/mol. The van der Waals surface area contributed by atoms with Crippen LogP contribution in [0.4, 0.5) is 4.79 Å². The molecule has 0 radical (unpaired) electrons. The van der Waals surface area contributed by atoms with Gasteiger partial charge in [0, 0.05) is 18.5 Å². The summed E-state index contributed by atoms with van der Waals surface area (Å²) >= 11 is 1.57. The average Bonchev–Trinajstić information content (AvgIpc) is 2.79. The number of amides is 2. The quantitative estimate of drug-likeness (QED) is 0.797. The molecule has 2 heterocycles. The Labute approximate surface area is 141 Å². The molecular formula is C17H22N2O3S. The molecule has 1 aromatic rings. The van der Waals surface area contributed by atoms with Crippen LogP contribution in [0.15, 0.2) is 29.2 Å². The lowest BCUT2D eigenvalue weighted by Gasteiger charge is -2.38. The van der Waals surface area contributed by atoms with Gasteiger partial charge in [-0.15, -0.1) is 11.8 Å². The number of hydrogen-bond acceptors (Lipinski definition) is 4. The van der Waals surface area contributed by atoms with Crippen LogP contribution in [0.25, 0.3) is 0 Å². The molecule has 1 unspecified atom stereocenters. The van der Waals surface area contributed by atoms with Gasteiger partial charge in [0.1, 0.15) is 5.60 Å². The molecule has 0 aliphatic carbocycles. The van der Waals surface area contributed by atoms with Crippen LogP contribution in [0.2, 0.25) is 0 Å². The molecule has 2 aliphatic rings. The van der Waals surface area contributed by atoms with Gasteiger partial charge in [-0.25, -0.2) is 4.79 Å². The first kappa shape index (κ1) is 16.2. The van der Waals surface area contributed by atoms with Crippen molar-refractivity contribution in [2.75, 3.05) is 32.4 Å². The number of carbonyl (C=O) groups is 2. The number of carbonyl (C=O) groups excluding carboxylic acids is 2. The fraction of sp³-hybridized carbons (Fsp3) is 0.529. The third-order valence-electron chi connectivity index (χ3n) is 4.48. The Hall–Kier alpha value is -1.69. The van der Waals surface area contributed by atoms with E-state index < -0.39 is 5.60 Å². The number of hydrogen-bond donors (Lipinski definition) is 0. The maximum atomic E-state index is 12.5. The number of piperidine rings is 1. The van der Waals surface area contributed by atoms with E-state index in [2.05, 4.69) is 13.0 Å². The molecule has 124 valence electrons. The molecule has 1 aromatic carbocycles. The maximum absolute atomic E-state index is 12.5. The highest BCUT2D eigenvalue weighted by Gasteiger charge is 2.47. The second kappa shape index (κ2) is 6.43. The highest BCUT2D eigenvalue weighted by Crippen LogP contribution is 2.32. The lowest BCUT2D eigenvalue weighted by molar-refractivity contribution is -0.133. The van der Waals surface area contributed by atoms with Crippen molar-refractivity contribution in [1.29, 1.82) is 0 Å². The Morgan fingerprint density at radius 2 is 2.13 bits per heavy atom. The number of nitrogens with zero attached hydrogens (tertiary/aromatic N) is 2. The van der Waals surface area contributed by atoms with Crippen LogP contribution in [-0.2, 0) is 9.53 Å². The smallest absolute Gasteiger partial charge is 0.410 e. The minimum atomic E-state index is -0.507. The second-order valence-electron chi connectivity index (χ2n) is 6.38. The fourth-order valence-electron chi connectivity index (χ4n) is 3.26. The number of likely N-dealkylation sites (N-methyl/N-ethyl adjacent to an activating group) is 1. The fourth-order valence-corrected chi connectivity index (χ4v) is 4.20. The van der Waals surface area contributed by atoms with Crippen molar-refractivity contribution in [3.05, 3.63) is 29.8 Å². The summed E-state index contributed by atoms with van der Waals surface area (Å²) in [5.74, 6) is 0.535. The Balaban J connectivity index is 1.59. The van der Waals surface area contributed by atoms with Crippen LogP contribution in [0.5, 0.6) is 0 Å². The molecule has 0 aromatic heterocycles. The minimum absolute atomic E-state index is 0.114. The largest absolute Gasteiger partial charge is 0.439 e. The van der Waals surface area contributed by atoms with E-state index in [0.29, 0.717) is 18.8 Å². The maximum Gasteiger partial charge on any atom is 0.410 e. The zero-order valence-electron chi connectivity index (χ0n) is 13.6. The first-order chi connectivity index (χ1) is 11.0. The molecule has 1 atom stereocenters. The molecule has 0 bridgehead atoms. The van der Waals surface area contributed by atoms with Crippen molar-refractivity contribution >= 4 is 23.8 Å². The van der Waals surface area contributed by atoms with Crippen molar-refractivity contribution in [1.82, 2.24) is 9.80 Å². The van der Waals surface area contributed by atoms with Crippen LogP contribution in [0, 0.1) is 6.92 Å². The van der Waals surface area contributed by atoms with Gasteiger partial charge in [-0.3, -0.25) is 4.79 Å². The van der Waals surface area contributed by atoms with Gasteiger partial charge in [-0.1, -0.05) is 18.2 Å². The van der Waals surface area contributed by atoms with Crippen molar-refractivity contribution in [3.8, 4) is 0 Å². The van der Waals surface area contributed by atoms with Gasteiger partial charge in [-0.05, 0) is 31.4 Å². The predicted molar refractivity (Wildman–Crippen MR) is 89.6 cm³/mol. The molecule has 2 saturated heterocycles. The Bertz CT molecular complexity index is 622. The van der Waals surface area contributed by atoms with Gasteiger partial charge in [0.15, 0.2) is 0 Å². The third kappa shape index (κ3) is 3.47. The third-order valence-corrected chi connectivity index (χ3v) is 5.64. The van der Waals surface area contributed by atoms with Crippen molar-refractivity contribution in [2.24, 2.45) is 0 Å². The van der Waals surface area contributed by atoms with Gasteiger partial charge in [0.2, 0.25) is 5.91 Å². The number of benzene rings is 1. The molecule has 6 heteroatoms. The van der Waals surface area contributed by atoms with Crippen LogP contribution < -0.4 is 0 Å². The van der Waals surface area contributed by atoms with Crippen LogP contribution >= 0.6 is 11.8 Å². The summed E-state index contributed by atoms with van der Waals surface area (Å²) in [7, 11) is 1.74. The normalized spacial score (nSPS) is 24.2. The Kier molecular flexibility index (Phi) is 4.53. The molecule has 2 fully saturated rings. The number of thioether (sulfide) groups is 1. The van der Waals surface area contributed by atoms with E-state index in [1.807, 2.05) is 23.1 Å². The van der Waals surface area contributed by atoms with E-state index in [1.54, 1.807) is 23.7 Å². The summed E-state index contributed by atoms with van der Waals surface area (Å²) in [5.41, 5.74) is 0.680. The van der Waals surface area contributed by atoms with Crippen LogP contribution in [0.3, 0.4) is 0 Å².